The zero-order valence-electron chi connectivity index (χ0n) is 13.6. The summed E-state index contributed by atoms with van der Waals surface area (Å²) in [7, 11) is 0. The number of benzene rings is 1. The minimum Gasteiger partial charge on any atom is -0.435 e. The molecule has 5 nitrogen and oxygen atoms in total. The third-order valence-electron chi connectivity index (χ3n) is 3.35. The topological polar surface area (TPSA) is 58.6 Å². The number of carbonyl (C=O) groups is 2. The Kier molecular flexibility index (Phi) is 6.88. The van der Waals surface area contributed by atoms with Crippen LogP contribution in [0.4, 0.5) is 8.78 Å². The Morgan fingerprint density at radius 2 is 2.08 bits per heavy atom. The van der Waals surface area contributed by atoms with Crippen molar-refractivity contribution in [2.24, 2.45) is 0 Å². The number of alkyl halides is 2. The molecule has 0 unspecified atom stereocenters. The van der Waals surface area contributed by atoms with Crippen LogP contribution in [0, 0.1) is 0 Å². The molecule has 0 aliphatic heterocycles. The van der Waals surface area contributed by atoms with Gasteiger partial charge in [-0.2, -0.15) is 8.78 Å². The predicted molar refractivity (Wildman–Crippen MR) is 90.8 cm³/mol. The monoisotopic (exact) mass is 368 g/mol. The summed E-state index contributed by atoms with van der Waals surface area (Å²) < 4.78 is 28.9. The van der Waals surface area contributed by atoms with Crippen LogP contribution in [0.1, 0.15) is 22.2 Å². The van der Waals surface area contributed by atoms with Crippen LogP contribution in [0.15, 0.2) is 41.8 Å². The number of hydrogen-bond acceptors (Lipinski definition) is 4. The summed E-state index contributed by atoms with van der Waals surface area (Å²) in [6.45, 7) is -0.619. The van der Waals surface area contributed by atoms with E-state index in [9.17, 15) is 18.4 Å². The molecular formula is C17H18F2N2O3S. The minimum absolute atomic E-state index is 0.0981. The number of nitrogens with zero attached hydrogens (tertiary/aromatic N) is 1. The maximum Gasteiger partial charge on any atom is 0.387 e. The Bertz CT molecular complexity index is 708. The van der Waals surface area contributed by atoms with Gasteiger partial charge in [0.2, 0.25) is 5.91 Å². The summed E-state index contributed by atoms with van der Waals surface area (Å²) in [6, 6.07) is 9.32. The lowest BCUT2D eigenvalue weighted by Gasteiger charge is -2.20. The van der Waals surface area contributed by atoms with Crippen molar-refractivity contribution in [2.75, 3.05) is 13.1 Å². The second kappa shape index (κ2) is 9.12. The van der Waals surface area contributed by atoms with E-state index in [0.717, 1.165) is 4.88 Å². The van der Waals surface area contributed by atoms with E-state index < -0.39 is 12.5 Å². The number of halogens is 2. The van der Waals surface area contributed by atoms with Gasteiger partial charge >= 0.3 is 6.61 Å². The molecule has 1 N–H and O–H groups in total. The smallest absolute Gasteiger partial charge is 0.387 e. The highest BCUT2D eigenvalue weighted by Crippen LogP contribution is 2.17. The number of carbonyl (C=O) groups excluding carboxylic acids is 2. The van der Waals surface area contributed by atoms with Crippen LogP contribution in [0.2, 0.25) is 0 Å². The molecule has 0 radical (unpaired) electrons. The van der Waals surface area contributed by atoms with Gasteiger partial charge in [-0.15, -0.1) is 11.3 Å². The molecule has 134 valence electrons. The maximum absolute atomic E-state index is 12.5. The van der Waals surface area contributed by atoms with Crippen molar-refractivity contribution in [3.05, 3.63) is 52.2 Å². The van der Waals surface area contributed by atoms with Gasteiger partial charge in [-0.3, -0.25) is 9.59 Å². The highest BCUT2D eigenvalue weighted by atomic mass is 32.1. The predicted octanol–water partition coefficient (Wildman–Crippen LogP) is 3.13. The van der Waals surface area contributed by atoms with Crippen molar-refractivity contribution >= 4 is 23.2 Å². The average Bonchev–Trinajstić information content (AvgIpc) is 3.10. The van der Waals surface area contributed by atoms with E-state index in [1.54, 1.807) is 6.92 Å². The van der Waals surface area contributed by atoms with Crippen molar-refractivity contribution in [3.63, 3.8) is 0 Å². The molecule has 2 amide bonds. The Balaban J connectivity index is 1.96. The average molecular weight is 368 g/mol. The second-order valence-corrected chi connectivity index (χ2v) is 6.11. The molecule has 0 aliphatic carbocycles. The zero-order chi connectivity index (χ0) is 18.2. The first-order valence-corrected chi connectivity index (χ1v) is 8.50. The maximum atomic E-state index is 12.5. The molecule has 1 heterocycles. The highest BCUT2D eigenvalue weighted by Gasteiger charge is 2.18. The van der Waals surface area contributed by atoms with Crippen LogP contribution in [0.25, 0.3) is 0 Å². The summed E-state index contributed by atoms with van der Waals surface area (Å²) in [6.07, 6.45) is 0. The van der Waals surface area contributed by atoms with Gasteiger partial charge in [0.1, 0.15) is 5.75 Å². The molecule has 2 rings (SSSR count). The lowest BCUT2D eigenvalue weighted by molar-refractivity contribution is -0.121. The van der Waals surface area contributed by atoms with Gasteiger partial charge < -0.3 is 15.0 Å². The van der Waals surface area contributed by atoms with Gasteiger partial charge in [-0.25, -0.2) is 0 Å². The van der Waals surface area contributed by atoms with Gasteiger partial charge in [-0.1, -0.05) is 12.1 Å². The van der Waals surface area contributed by atoms with Crippen LogP contribution >= 0.6 is 11.3 Å². The summed E-state index contributed by atoms with van der Waals surface area (Å²) >= 11 is 1.53. The number of amides is 2. The molecule has 0 saturated heterocycles. The Morgan fingerprint density at radius 3 is 2.72 bits per heavy atom. The van der Waals surface area contributed by atoms with E-state index >= 15 is 0 Å². The zero-order valence-corrected chi connectivity index (χ0v) is 14.4. The van der Waals surface area contributed by atoms with Crippen molar-refractivity contribution < 1.29 is 23.1 Å². The normalized spacial score (nSPS) is 10.6. The molecular weight excluding hydrogens is 350 g/mol. The molecule has 1 aromatic carbocycles. The Morgan fingerprint density at radius 1 is 1.28 bits per heavy atom. The van der Waals surface area contributed by atoms with E-state index in [-0.39, 0.29) is 23.8 Å². The quantitative estimate of drug-likeness (QED) is 0.779. The van der Waals surface area contributed by atoms with Crippen LogP contribution < -0.4 is 10.1 Å². The molecule has 0 saturated carbocycles. The number of ether oxygens (including phenoxy) is 1. The lowest BCUT2D eigenvalue weighted by atomic mass is 10.2. The number of hydrogen-bond donors (Lipinski definition) is 1. The number of thiophene rings is 1. The van der Waals surface area contributed by atoms with E-state index in [0.29, 0.717) is 13.1 Å². The van der Waals surface area contributed by atoms with Crippen molar-refractivity contribution in [1.29, 1.82) is 0 Å². The molecule has 1 aromatic heterocycles. The van der Waals surface area contributed by atoms with Gasteiger partial charge in [0.25, 0.3) is 5.91 Å². The molecule has 25 heavy (non-hydrogen) atoms. The summed E-state index contributed by atoms with van der Waals surface area (Å²) in [5, 5.41) is 4.66. The highest BCUT2D eigenvalue weighted by molar-refractivity contribution is 7.09. The first-order valence-electron chi connectivity index (χ1n) is 7.62. The first kappa shape index (κ1) is 18.9. The third-order valence-corrected chi connectivity index (χ3v) is 4.23. The van der Waals surface area contributed by atoms with Crippen molar-refractivity contribution in [1.82, 2.24) is 10.2 Å². The van der Waals surface area contributed by atoms with Gasteiger partial charge in [0, 0.05) is 17.0 Å². The lowest BCUT2D eigenvalue weighted by Crippen LogP contribution is -2.40. The standard InChI is InChI=1S/C17H18F2N2O3S/c1-2-21(11-15(22)20-10-14-7-4-8-25-14)16(23)12-5-3-6-13(9-12)24-17(18)19/h3-9,17H,2,10-11H2,1H3,(H,20,22). The molecule has 0 atom stereocenters. The van der Waals surface area contributed by atoms with Crippen LogP contribution in [-0.2, 0) is 11.3 Å². The Hall–Kier alpha value is -2.48. The molecule has 0 spiro atoms. The van der Waals surface area contributed by atoms with E-state index in [4.69, 9.17) is 0 Å². The van der Waals surface area contributed by atoms with Crippen LogP contribution in [0.3, 0.4) is 0 Å². The van der Waals surface area contributed by atoms with Crippen LogP contribution in [0.5, 0.6) is 5.75 Å². The minimum atomic E-state index is -2.96. The fourth-order valence-electron chi connectivity index (χ4n) is 2.14. The van der Waals surface area contributed by atoms with Gasteiger partial charge in [-0.05, 0) is 36.6 Å². The molecule has 0 aliphatic rings. The summed E-state index contributed by atoms with van der Waals surface area (Å²) in [5.74, 6) is -0.809. The van der Waals surface area contributed by atoms with E-state index in [1.807, 2.05) is 17.5 Å². The first-order chi connectivity index (χ1) is 12.0. The summed E-state index contributed by atoms with van der Waals surface area (Å²) in [4.78, 5) is 26.9. The fourth-order valence-corrected chi connectivity index (χ4v) is 2.79. The van der Waals surface area contributed by atoms with Gasteiger partial charge in [0.15, 0.2) is 0 Å². The second-order valence-electron chi connectivity index (χ2n) is 5.08. The van der Waals surface area contributed by atoms with Crippen molar-refractivity contribution in [3.8, 4) is 5.75 Å². The molecule has 0 fully saturated rings. The van der Waals surface area contributed by atoms with Crippen LogP contribution in [-0.4, -0.2) is 36.4 Å². The van der Waals surface area contributed by atoms with Gasteiger partial charge in [0.05, 0.1) is 13.1 Å². The largest absolute Gasteiger partial charge is 0.435 e. The number of nitrogens with one attached hydrogen (secondary N) is 1. The fraction of sp³-hybridized carbons (Fsp3) is 0.294. The van der Waals surface area contributed by atoms with E-state index in [1.165, 1.54) is 40.5 Å². The SMILES string of the molecule is CCN(CC(=O)NCc1cccs1)C(=O)c1cccc(OC(F)F)c1. The van der Waals surface area contributed by atoms with Crippen molar-refractivity contribution in [2.45, 2.75) is 20.1 Å². The Labute approximate surface area is 148 Å². The number of likely N-dealkylation sites (N-methyl/N-ethyl adjacent to an activating group) is 1. The molecule has 2 aromatic rings. The number of rotatable bonds is 8. The molecule has 0 bridgehead atoms. The summed E-state index contributed by atoms with van der Waals surface area (Å²) in [5.41, 5.74) is 0.186. The van der Waals surface area contributed by atoms with E-state index in [2.05, 4.69) is 10.1 Å². The molecule has 8 heteroatoms. The third kappa shape index (κ3) is 5.82.